The Morgan fingerprint density at radius 2 is 2.04 bits per heavy atom. The van der Waals surface area contributed by atoms with Gasteiger partial charge < -0.3 is 14.0 Å². The van der Waals surface area contributed by atoms with Crippen molar-refractivity contribution in [3.05, 3.63) is 52.8 Å². The molecule has 6 heteroatoms. The number of rotatable bonds is 7. The molecule has 1 aromatic heterocycles. The summed E-state index contributed by atoms with van der Waals surface area (Å²) in [6, 6.07) is 11.1. The van der Waals surface area contributed by atoms with Gasteiger partial charge in [-0.2, -0.15) is 0 Å². The number of likely N-dealkylation sites (tertiary alicyclic amines) is 1. The molecule has 0 radical (unpaired) electrons. The lowest BCUT2D eigenvalue weighted by Gasteiger charge is -2.26. The van der Waals surface area contributed by atoms with Crippen molar-refractivity contribution < 1.29 is 9.47 Å². The molecule has 152 valence electrons. The minimum atomic E-state index is 0.489. The minimum absolute atomic E-state index is 0.489. The Morgan fingerprint density at radius 3 is 2.79 bits per heavy atom. The Balaban J connectivity index is 1.33. The van der Waals surface area contributed by atoms with Gasteiger partial charge in [0.15, 0.2) is 0 Å². The van der Waals surface area contributed by atoms with Crippen LogP contribution in [0.1, 0.15) is 30.1 Å². The molecule has 2 fully saturated rings. The van der Waals surface area contributed by atoms with E-state index in [-0.39, 0.29) is 0 Å². The van der Waals surface area contributed by atoms with Gasteiger partial charge in [0.1, 0.15) is 12.4 Å². The number of nitrogens with zero attached hydrogens (tertiary/aromatic N) is 3. The first-order valence-electron chi connectivity index (χ1n) is 10.3. The monoisotopic (exact) mass is 403 g/mol. The van der Waals surface area contributed by atoms with Crippen LogP contribution in [0.25, 0.3) is 0 Å². The molecule has 2 aliphatic heterocycles. The fraction of sp³-hybridized carbons (Fsp3) is 0.545. The molecule has 0 N–H and O–H groups in total. The molecule has 2 aromatic rings. The van der Waals surface area contributed by atoms with Crippen LogP contribution < -0.4 is 4.74 Å². The lowest BCUT2D eigenvalue weighted by atomic mass is 10.1. The summed E-state index contributed by atoms with van der Waals surface area (Å²) in [6.07, 6.45) is 4.59. The molecule has 0 bridgehead atoms. The van der Waals surface area contributed by atoms with Crippen LogP contribution in [0, 0.1) is 0 Å². The third-order valence-corrected chi connectivity index (χ3v) is 6.14. The molecule has 2 aliphatic rings. The molecule has 1 unspecified atom stereocenters. The maximum Gasteiger partial charge on any atom is 0.137 e. The summed E-state index contributed by atoms with van der Waals surface area (Å²) in [5.41, 5.74) is 2.64. The predicted octanol–water partition coefficient (Wildman–Crippen LogP) is 3.73. The van der Waals surface area contributed by atoms with Gasteiger partial charge in [0.2, 0.25) is 0 Å². The van der Waals surface area contributed by atoms with E-state index in [0.717, 1.165) is 51.7 Å². The van der Waals surface area contributed by atoms with Crippen LogP contribution in [0.2, 0.25) is 5.02 Å². The molecule has 5 nitrogen and oxygen atoms in total. The van der Waals surface area contributed by atoms with Crippen molar-refractivity contribution in [3.8, 4) is 5.75 Å². The first-order chi connectivity index (χ1) is 13.7. The van der Waals surface area contributed by atoms with Crippen LogP contribution in [-0.2, 0) is 18.3 Å². The summed E-state index contributed by atoms with van der Waals surface area (Å²) in [5, 5.41) is 0.703. The van der Waals surface area contributed by atoms with Gasteiger partial charge in [-0.25, -0.2) is 0 Å². The first kappa shape index (κ1) is 19.8. The number of halogens is 1. The van der Waals surface area contributed by atoms with E-state index in [1.54, 1.807) is 0 Å². The van der Waals surface area contributed by atoms with E-state index in [1.165, 1.54) is 24.1 Å². The highest BCUT2D eigenvalue weighted by molar-refractivity contribution is 6.32. The van der Waals surface area contributed by atoms with Gasteiger partial charge in [-0.1, -0.05) is 17.7 Å². The second-order valence-corrected chi connectivity index (χ2v) is 8.15. The van der Waals surface area contributed by atoms with E-state index in [9.17, 15) is 0 Å². The molecular weight excluding hydrogens is 374 g/mol. The average molecular weight is 404 g/mol. The van der Waals surface area contributed by atoms with E-state index < -0.39 is 0 Å². The fourth-order valence-corrected chi connectivity index (χ4v) is 4.53. The average Bonchev–Trinajstić information content (AvgIpc) is 3.32. The third kappa shape index (κ3) is 4.71. The SMILES string of the molecule is Cn1cccc1C1CCCN1Cc1ccc(OCCN2CCOCC2)c(Cl)c1. The summed E-state index contributed by atoms with van der Waals surface area (Å²) in [7, 11) is 2.13. The molecule has 28 heavy (non-hydrogen) atoms. The Hall–Kier alpha value is -1.53. The van der Waals surface area contributed by atoms with E-state index in [2.05, 4.69) is 51.9 Å². The largest absolute Gasteiger partial charge is 0.491 e. The van der Waals surface area contributed by atoms with Crippen LogP contribution >= 0.6 is 11.6 Å². The number of morpholine rings is 1. The number of benzene rings is 1. The lowest BCUT2D eigenvalue weighted by molar-refractivity contribution is 0.0322. The zero-order chi connectivity index (χ0) is 19.3. The molecule has 4 rings (SSSR count). The van der Waals surface area contributed by atoms with Crippen molar-refractivity contribution in [1.29, 1.82) is 0 Å². The van der Waals surface area contributed by atoms with Crippen molar-refractivity contribution in [1.82, 2.24) is 14.4 Å². The van der Waals surface area contributed by atoms with Crippen LogP contribution in [0.4, 0.5) is 0 Å². The summed E-state index contributed by atoms with van der Waals surface area (Å²) in [5.74, 6) is 0.777. The molecule has 0 aliphatic carbocycles. The van der Waals surface area contributed by atoms with Gasteiger partial charge in [0, 0.05) is 45.1 Å². The second kappa shape index (κ2) is 9.31. The van der Waals surface area contributed by atoms with Crippen molar-refractivity contribution in [2.75, 3.05) is 46.0 Å². The van der Waals surface area contributed by atoms with Crippen molar-refractivity contribution in [2.45, 2.75) is 25.4 Å². The highest BCUT2D eigenvalue weighted by Crippen LogP contribution is 2.34. The number of ether oxygens (including phenoxy) is 2. The van der Waals surface area contributed by atoms with Crippen molar-refractivity contribution in [3.63, 3.8) is 0 Å². The second-order valence-electron chi connectivity index (χ2n) is 7.74. The minimum Gasteiger partial charge on any atom is -0.491 e. The Labute approximate surface area is 172 Å². The number of aryl methyl sites for hydroxylation is 1. The van der Waals surface area contributed by atoms with E-state index in [1.807, 2.05) is 6.07 Å². The summed E-state index contributed by atoms with van der Waals surface area (Å²) in [4.78, 5) is 4.92. The quantitative estimate of drug-likeness (QED) is 0.704. The third-order valence-electron chi connectivity index (χ3n) is 5.84. The van der Waals surface area contributed by atoms with Crippen LogP contribution in [-0.4, -0.2) is 60.4 Å². The Kier molecular flexibility index (Phi) is 6.58. The smallest absolute Gasteiger partial charge is 0.137 e. The molecule has 1 aromatic carbocycles. The lowest BCUT2D eigenvalue weighted by Crippen LogP contribution is -2.38. The van der Waals surface area contributed by atoms with Crippen LogP contribution in [0.5, 0.6) is 5.75 Å². The molecular formula is C22H30ClN3O2. The van der Waals surface area contributed by atoms with Gasteiger partial charge in [0.25, 0.3) is 0 Å². The first-order valence-corrected chi connectivity index (χ1v) is 10.6. The molecule has 1 atom stereocenters. The summed E-state index contributed by atoms with van der Waals surface area (Å²) < 4.78 is 13.5. The normalized spacial score (nSPS) is 21.3. The standard InChI is InChI=1S/C22H30ClN3O2/c1-24-8-2-4-20(24)21-5-3-9-26(21)17-18-6-7-22(19(23)16-18)28-15-12-25-10-13-27-14-11-25/h2,4,6-8,16,21H,3,5,9-15,17H2,1H3. The maximum absolute atomic E-state index is 6.52. The fourth-order valence-electron chi connectivity index (χ4n) is 4.27. The zero-order valence-electron chi connectivity index (χ0n) is 16.6. The zero-order valence-corrected chi connectivity index (χ0v) is 17.4. The number of hydrogen-bond acceptors (Lipinski definition) is 4. The van der Waals surface area contributed by atoms with Crippen LogP contribution in [0.15, 0.2) is 36.5 Å². The molecule has 0 saturated carbocycles. The Bertz CT molecular complexity index is 773. The molecule has 0 spiro atoms. The molecule has 0 amide bonds. The predicted molar refractivity (Wildman–Crippen MR) is 112 cm³/mol. The molecule has 3 heterocycles. The van der Waals surface area contributed by atoms with Gasteiger partial charge >= 0.3 is 0 Å². The maximum atomic E-state index is 6.52. The number of aromatic nitrogens is 1. The summed E-state index contributed by atoms with van der Waals surface area (Å²) >= 11 is 6.52. The van der Waals surface area contributed by atoms with Gasteiger partial charge in [-0.3, -0.25) is 9.80 Å². The highest BCUT2D eigenvalue weighted by Gasteiger charge is 2.27. The van der Waals surface area contributed by atoms with Gasteiger partial charge in [-0.15, -0.1) is 0 Å². The van der Waals surface area contributed by atoms with Crippen LogP contribution in [0.3, 0.4) is 0 Å². The topological polar surface area (TPSA) is 29.9 Å². The van der Waals surface area contributed by atoms with Crippen molar-refractivity contribution >= 4 is 11.6 Å². The van der Waals surface area contributed by atoms with Gasteiger partial charge in [0.05, 0.1) is 24.3 Å². The molecule has 2 saturated heterocycles. The van der Waals surface area contributed by atoms with E-state index >= 15 is 0 Å². The highest BCUT2D eigenvalue weighted by atomic mass is 35.5. The van der Waals surface area contributed by atoms with Gasteiger partial charge in [-0.05, 0) is 49.2 Å². The Morgan fingerprint density at radius 1 is 1.18 bits per heavy atom. The van der Waals surface area contributed by atoms with Crippen molar-refractivity contribution in [2.24, 2.45) is 7.05 Å². The van der Waals surface area contributed by atoms with E-state index in [4.69, 9.17) is 21.1 Å². The number of hydrogen-bond donors (Lipinski definition) is 0. The van der Waals surface area contributed by atoms with E-state index in [0.29, 0.717) is 17.7 Å². The summed E-state index contributed by atoms with van der Waals surface area (Å²) in [6.45, 7) is 7.21.